The van der Waals surface area contributed by atoms with E-state index in [1.165, 1.54) is 0 Å². The van der Waals surface area contributed by atoms with Crippen LogP contribution in [0.4, 0.5) is 11.4 Å². The van der Waals surface area contributed by atoms with Gasteiger partial charge in [-0.15, -0.1) is 0 Å². The molecule has 1 fully saturated rings. The number of rotatable bonds is 12. The third kappa shape index (κ3) is 10.6. The maximum atomic E-state index is 15.2. The number of amides is 1. The van der Waals surface area contributed by atoms with Gasteiger partial charge in [-0.2, -0.15) is 0 Å². The lowest BCUT2D eigenvalue weighted by Gasteiger charge is -2.35. The van der Waals surface area contributed by atoms with Gasteiger partial charge in [-0.3, -0.25) is 4.79 Å². The Morgan fingerprint density at radius 2 is 0.721 bits per heavy atom. The van der Waals surface area contributed by atoms with Gasteiger partial charge in [0.25, 0.3) is 5.91 Å². The molecule has 0 radical (unpaired) electrons. The highest BCUT2D eigenvalue weighted by Gasteiger charge is 2.31. The first-order chi connectivity index (χ1) is 51.3. The number of nitrogens with zero attached hydrogens (tertiary/aromatic N) is 7. The van der Waals surface area contributed by atoms with Crippen molar-refractivity contribution in [1.29, 1.82) is 0 Å². The molecule has 1 amide bonds. The predicted molar refractivity (Wildman–Crippen MR) is 428 cm³/mol. The molecule has 0 aliphatic carbocycles. The Labute approximate surface area is 602 Å². The monoisotopic (exact) mass is 1350 g/mol. The van der Waals surface area contributed by atoms with E-state index in [4.69, 9.17) is 19.7 Å². The van der Waals surface area contributed by atoms with Crippen LogP contribution in [0.3, 0.4) is 0 Å². The number of fused-ring (bicyclic) bond motifs is 2. The number of H-pyrrole nitrogens is 1. The smallest absolute Gasteiger partial charge is 0.253 e. The Balaban J connectivity index is 0.812. The van der Waals surface area contributed by atoms with Crippen LogP contribution in [0.15, 0.2) is 273 Å². The molecule has 11 nitrogen and oxygen atoms in total. The first-order valence-corrected chi connectivity index (χ1v) is 36.3. The molecule has 2 N–H and O–H groups in total. The fourth-order valence-electron chi connectivity index (χ4n) is 16.4. The van der Waals surface area contributed by atoms with Gasteiger partial charge in [0.15, 0.2) is 5.88 Å². The molecule has 0 spiro atoms. The second kappa shape index (κ2) is 26.3. The molecule has 0 unspecified atom stereocenters. The maximum absolute atomic E-state index is 15.2. The third-order valence-electron chi connectivity index (χ3n) is 21.5. The highest BCUT2D eigenvalue weighted by molar-refractivity contribution is 6.27. The SMILES string of the molecule is CCN(CC)c1ccc2c(c1)Oc1cc(N(CC)CC)ccc1C2=c1ccccc1=C(O)N1CCN(C(=O)c2ccc(-c3c4nc(c(-c5ccccc5)c5nc(c(-c6ccccc6)c6[nH+]c(c(-c7ccccc7)c7nc3c3ccccc73)c3ccccc63)c3ccccc53)c3ccccc43)cc2)CC1. The van der Waals surface area contributed by atoms with Gasteiger partial charge in [0.2, 0.25) is 11.0 Å². The van der Waals surface area contributed by atoms with Crippen molar-refractivity contribution in [2.75, 3.05) is 62.2 Å². The van der Waals surface area contributed by atoms with Crippen LogP contribution in [-0.4, -0.2) is 88.1 Å². The van der Waals surface area contributed by atoms with Crippen molar-refractivity contribution >= 4 is 116 Å². The summed E-state index contributed by atoms with van der Waals surface area (Å²) in [5, 5.41) is 22.3. The number of anilines is 2. The largest absolute Gasteiger partial charge is 0.494 e. The molecule has 11 heteroatoms. The zero-order chi connectivity index (χ0) is 70.1. The molecule has 2 aliphatic rings. The van der Waals surface area contributed by atoms with Crippen LogP contribution in [0, 0.1) is 0 Å². The van der Waals surface area contributed by atoms with Gasteiger partial charge in [-0.25, -0.2) is 19.9 Å². The van der Waals surface area contributed by atoms with Crippen LogP contribution in [0.5, 0.6) is 11.5 Å². The number of aliphatic hydroxyl groups excluding tert-OH is 1. The van der Waals surface area contributed by atoms with E-state index < -0.39 is 0 Å². The molecule has 1 saturated heterocycles. The van der Waals surface area contributed by atoms with Crippen LogP contribution in [0.1, 0.15) is 49.2 Å². The molecule has 18 rings (SSSR count). The molecule has 2 aliphatic heterocycles. The third-order valence-corrected chi connectivity index (χ3v) is 21.5. The van der Waals surface area contributed by atoms with E-state index >= 15 is 4.79 Å². The van der Waals surface area contributed by atoms with Gasteiger partial charge >= 0.3 is 0 Å². The number of hydrogen-bond donors (Lipinski definition) is 1. The minimum absolute atomic E-state index is 0.0835. The average Bonchev–Trinajstić information content (AvgIpc) is 1.20. The number of aliphatic hydroxyl groups is 1. The van der Waals surface area contributed by atoms with Gasteiger partial charge in [0.1, 0.15) is 11.5 Å². The van der Waals surface area contributed by atoms with Crippen LogP contribution >= 0.6 is 0 Å². The van der Waals surface area contributed by atoms with E-state index in [-0.39, 0.29) is 11.8 Å². The van der Waals surface area contributed by atoms with Crippen molar-refractivity contribution in [1.82, 2.24) is 24.8 Å². The summed E-state index contributed by atoms with van der Waals surface area (Å²) in [7, 11) is 0. The zero-order valence-electron chi connectivity index (χ0n) is 58.5. The molecule has 4 aromatic heterocycles. The zero-order valence-corrected chi connectivity index (χ0v) is 58.5. The van der Waals surface area contributed by atoms with Gasteiger partial charge in [0, 0.05) is 147 Å². The van der Waals surface area contributed by atoms with Crippen LogP contribution in [-0.2, 0) is 0 Å². The van der Waals surface area contributed by atoms with E-state index in [1.54, 1.807) is 0 Å². The van der Waals surface area contributed by atoms with Gasteiger partial charge in [0.05, 0.1) is 55.0 Å². The molecule has 8 bridgehead atoms. The normalized spacial score (nSPS) is 13.2. The Hall–Kier alpha value is -12.7. The van der Waals surface area contributed by atoms with Crippen molar-refractivity contribution in [2.45, 2.75) is 27.7 Å². The maximum Gasteiger partial charge on any atom is 0.253 e. The summed E-state index contributed by atoms with van der Waals surface area (Å²) in [6.45, 7) is 13.8. The summed E-state index contributed by atoms with van der Waals surface area (Å²) in [5.74, 6) is 1.65. The first kappa shape index (κ1) is 63.4. The number of hydrogen-bond acceptors (Lipinski definition) is 9. The molecule has 104 heavy (non-hydrogen) atoms. The van der Waals surface area contributed by atoms with Gasteiger partial charge in [-0.05, 0) is 110 Å². The van der Waals surface area contributed by atoms with Gasteiger partial charge in [-0.1, -0.05) is 206 Å². The highest BCUT2D eigenvalue weighted by atomic mass is 16.5. The van der Waals surface area contributed by atoms with Crippen LogP contribution in [0.2, 0.25) is 0 Å². The predicted octanol–water partition coefficient (Wildman–Crippen LogP) is 19.3. The van der Waals surface area contributed by atoms with Crippen LogP contribution < -0.4 is 30.0 Å². The Morgan fingerprint density at radius 1 is 0.385 bits per heavy atom. The molecular formula is C93H75N8O3+. The minimum Gasteiger partial charge on any atom is -0.494 e. The standard InChI is InChI=1S/C93H74N8O3/c1-5-98(6-2)63-48-50-75-77(56-63)104-78-57-64(99(7-3)8-4)49-51-76(78)83(75)65-34-18-27-43-74(65)93(103)101-54-52-100(53-55-101)92(102)62-46-44-61(45-47-62)82-90-72-41-25-23-39-70(72)88(96-90)80(59-30-14-10-15-31-59)86-68-37-21-19-35-66(68)84(94-86)79(58-28-12-9-13-29-58)85-67-36-20-22-38-69(67)87(95-85)81(60-32-16-11-17-33-60)89-71-40-24-26-42-73(71)91(82)97-89/h9-51,56-57,103H,5-8,52-55H2,1-4H3/p+1. The summed E-state index contributed by atoms with van der Waals surface area (Å²) in [6.07, 6.45) is 0. The molecule has 0 saturated carbocycles. The topological polar surface area (TPSA) is 112 Å². The number of benzene rings is 11. The molecule has 12 aromatic carbocycles. The van der Waals surface area contributed by atoms with Crippen LogP contribution in [0.25, 0.3) is 143 Å². The number of aromatic amines is 1. The van der Waals surface area contributed by atoms with E-state index in [2.05, 4.69) is 285 Å². The summed E-state index contributed by atoms with van der Waals surface area (Å²) >= 11 is 0. The number of aromatic nitrogens is 4. The van der Waals surface area contributed by atoms with Crippen molar-refractivity contribution in [3.8, 4) is 56.0 Å². The second-order valence-corrected chi connectivity index (χ2v) is 27.0. The summed E-state index contributed by atoms with van der Waals surface area (Å²) < 4.78 is 6.87. The quantitative estimate of drug-likeness (QED) is 0.128. The van der Waals surface area contributed by atoms with Crippen molar-refractivity contribution in [3.05, 3.63) is 300 Å². The number of piperazine rings is 1. The average molecular weight is 1350 g/mol. The Bertz CT molecular complexity index is 6020. The number of carbonyl (C=O) groups excluding carboxylic acids is 1. The van der Waals surface area contributed by atoms with Gasteiger partial charge < -0.3 is 29.4 Å². The molecule has 0 atom stereocenters. The second-order valence-electron chi connectivity index (χ2n) is 27.0. The Morgan fingerprint density at radius 3 is 1.12 bits per heavy atom. The summed E-state index contributed by atoms with van der Waals surface area (Å²) in [6, 6.07) is 95.6. The number of carbonyl (C=O) groups is 1. The summed E-state index contributed by atoms with van der Waals surface area (Å²) in [4.78, 5) is 45.9. The van der Waals surface area contributed by atoms with E-state index in [1.807, 2.05) is 40.1 Å². The highest BCUT2D eigenvalue weighted by Crippen LogP contribution is 2.48. The van der Waals surface area contributed by atoms with E-state index in [0.717, 1.165) is 203 Å². The van der Waals surface area contributed by atoms with Crippen molar-refractivity contribution in [2.24, 2.45) is 0 Å². The lowest BCUT2D eigenvalue weighted by Crippen LogP contribution is -2.49. The molecule has 16 aromatic rings. The molecular weight excluding hydrogens is 1280 g/mol. The number of nitrogens with one attached hydrogen (secondary N) is 1. The van der Waals surface area contributed by atoms with E-state index in [0.29, 0.717) is 37.0 Å². The molecule has 6 heterocycles. The van der Waals surface area contributed by atoms with Crippen molar-refractivity contribution < 1.29 is 19.6 Å². The molecule has 504 valence electrons. The first-order valence-electron chi connectivity index (χ1n) is 36.3. The number of ether oxygens (including phenoxy) is 1. The lowest BCUT2D eigenvalue weighted by molar-refractivity contribution is -0.306. The lowest BCUT2D eigenvalue weighted by atomic mass is 9.90. The fraction of sp³-hybridized carbons (Fsp3) is 0.129. The Kier molecular flexibility index (Phi) is 16.1. The van der Waals surface area contributed by atoms with Crippen molar-refractivity contribution in [3.63, 3.8) is 0 Å². The minimum atomic E-state index is -0.0835. The summed E-state index contributed by atoms with van der Waals surface area (Å²) in [5.41, 5.74) is 20.0. The van der Waals surface area contributed by atoms with E-state index in [9.17, 15) is 5.11 Å². The fourth-order valence-corrected chi connectivity index (χ4v) is 16.4.